The Bertz CT molecular complexity index is 737. The number of hydrogen-bond acceptors (Lipinski definition) is 7. The molecule has 146 valence electrons. The minimum absolute atomic E-state index is 0.157. The second-order valence-corrected chi connectivity index (χ2v) is 7.02. The van der Waals surface area contributed by atoms with E-state index in [9.17, 15) is 14.9 Å². The number of hydrogen-bond donors (Lipinski definition) is 3. The van der Waals surface area contributed by atoms with E-state index in [-0.39, 0.29) is 40.8 Å². The number of rotatable bonds is 5. The van der Waals surface area contributed by atoms with Gasteiger partial charge < -0.3 is 15.7 Å². The highest BCUT2D eigenvalue weighted by Crippen LogP contribution is 2.39. The number of carboxylic acid groups (broad SMARTS) is 1. The number of carbonyl (C=O) groups is 2. The van der Waals surface area contributed by atoms with Crippen molar-refractivity contribution in [2.75, 3.05) is 12.8 Å². The zero-order chi connectivity index (χ0) is 20.1. The maximum absolute atomic E-state index is 12.5. The minimum atomic E-state index is -0.546. The molecule has 3 rings (SSSR count). The van der Waals surface area contributed by atoms with E-state index in [0.29, 0.717) is 18.5 Å². The molecule has 2 saturated heterocycles. The Morgan fingerprint density at radius 1 is 1.41 bits per heavy atom. The van der Waals surface area contributed by atoms with Crippen molar-refractivity contribution in [2.24, 2.45) is 5.92 Å². The number of carbonyl (C=O) groups excluding carboxylic acids is 1. The summed E-state index contributed by atoms with van der Waals surface area (Å²) in [5, 5.41) is 25.9. The quantitative estimate of drug-likeness (QED) is 0.234. The molecule has 9 nitrogen and oxygen atoms in total. The number of Topliss-reactive ketones (excluding diaryl/α,β-unsaturated/α-hetero) is 1. The van der Waals surface area contributed by atoms with Gasteiger partial charge in [0.25, 0.3) is 12.2 Å². The van der Waals surface area contributed by atoms with Gasteiger partial charge in [-0.2, -0.15) is 0 Å². The van der Waals surface area contributed by atoms with Gasteiger partial charge in [-0.1, -0.05) is 0 Å². The topological polar surface area (TPSA) is 151 Å². The van der Waals surface area contributed by atoms with Gasteiger partial charge in [-0.3, -0.25) is 25.1 Å². The van der Waals surface area contributed by atoms with Crippen LogP contribution in [-0.4, -0.2) is 52.0 Å². The van der Waals surface area contributed by atoms with E-state index in [1.54, 1.807) is 0 Å². The third kappa shape index (κ3) is 4.68. The standard InChI is InChI=1S/C17H22N4O3.CH2O2/c1-20-11-2-3-12(20)7-10(6-11)8-16(22)17(19)14-9-13(21(23)24)4-5-15(14)18;2-1-3/h4-5,9-12,19H,2-3,6-8,18H2,1H3;1H,(H,2,3). The third-order valence-corrected chi connectivity index (χ3v) is 5.47. The fourth-order valence-electron chi connectivity index (χ4n) is 4.08. The van der Waals surface area contributed by atoms with E-state index in [0.717, 1.165) is 12.8 Å². The molecule has 0 saturated carbocycles. The number of nitrogens with one attached hydrogen (secondary N) is 1. The first-order valence-corrected chi connectivity index (χ1v) is 8.74. The van der Waals surface area contributed by atoms with Gasteiger partial charge in [0.1, 0.15) is 5.71 Å². The summed E-state index contributed by atoms with van der Waals surface area (Å²) in [4.78, 5) is 33.6. The summed E-state index contributed by atoms with van der Waals surface area (Å²) in [6, 6.07) is 4.96. The van der Waals surface area contributed by atoms with Crippen LogP contribution in [0.2, 0.25) is 0 Å². The summed E-state index contributed by atoms with van der Waals surface area (Å²) in [5.74, 6) is 0.00243. The zero-order valence-electron chi connectivity index (χ0n) is 15.1. The average Bonchev–Trinajstić information content (AvgIpc) is 2.83. The number of nitrogens with two attached hydrogens (primary N) is 1. The molecule has 2 heterocycles. The van der Waals surface area contributed by atoms with E-state index >= 15 is 0 Å². The molecule has 0 aliphatic carbocycles. The number of nitrogens with zero attached hydrogens (tertiary/aromatic N) is 2. The monoisotopic (exact) mass is 376 g/mol. The fourth-order valence-corrected chi connectivity index (χ4v) is 4.08. The minimum Gasteiger partial charge on any atom is -0.483 e. The summed E-state index contributed by atoms with van der Waals surface area (Å²) in [7, 11) is 2.15. The molecule has 2 atom stereocenters. The van der Waals surface area contributed by atoms with E-state index in [4.69, 9.17) is 21.0 Å². The van der Waals surface area contributed by atoms with Crippen LogP contribution >= 0.6 is 0 Å². The molecule has 2 bridgehead atoms. The number of ketones is 1. The number of non-ortho nitro benzene ring substituents is 1. The number of nitro benzene ring substituents is 1. The number of benzene rings is 1. The number of fused-ring (bicyclic) bond motifs is 2. The molecule has 1 aromatic carbocycles. The van der Waals surface area contributed by atoms with Crippen molar-refractivity contribution < 1.29 is 19.6 Å². The molecule has 0 radical (unpaired) electrons. The van der Waals surface area contributed by atoms with E-state index in [1.807, 2.05) is 0 Å². The van der Waals surface area contributed by atoms with Gasteiger partial charge in [0, 0.05) is 41.9 Å². The second kappa shape index (κ2) is 8.72. The first-order chi connectivity index (χ1) is 12.8. The van der Waals surface area contributed by atoms with Crippen LogP contribution in [0.1, 0.15) is 37.7 Å². The summed E-state index contributed by atoms with van der Waals surface area (Å²) in [6.45, 7) is -0.250. The smallest absolute Gasteiger partial charge is 0.290 e. The normalized spacial score (nSPS) is 23.8. The molecule has 2 fully saturated rings. The van der Waals surface area contributed by atoms with Crippen molar-refractivity contribution in [3.63, 3.8) is 0 Å². The first kappa shape index (κ1) is 20.5. The van der Waals surface area contributed by atoms with Gasteiger partial charge in [-0.05, 0) is 44.7 Å². The van der Waals surface area contributed by atoms with Crippen LogP contribution in [-0.2, 0) is 9.59 Å². The SMILES string of the molecule is CN1C2CCC1CC(CC(=O)C(=N)c1cc([N+](=O)[O-])ccc1N)C2.O=CO. The van der Waals surface area contributed by atoms with Crippen LogP contribution in [0, 0.1) is 21.4 Å². The summed E-state index contributed by atoms with van der Waals surface area (Å²) in [5.41, 5.74) is 5.82. The summed E-state index contributed by atoms with van der Waals surface area (Å²) >= 11 is 0. The van der Waals surface area contributed by atoms with Gasteiger partial charge in [-0.25, -0.2) is 0 Å². The van der Waals surface area contributed by atoms with Crippen molar-refractivity contribution in [3.05, 3.63) is 33.9 Å². The molecule has 2 aliphatic heterocycles. The number of piperidine rings is 1. The lowest BCUT2D eigenvalue weighted by atomic mass is 9.85. The predicted octanol–water partition coefficient (Wildman–Crippen LogP) is 2.08. The average molecular weight is 376 g/mol. The third-order valence-electron chi connectivity index (χ3n) is 5.47. The number of nitro groups is 1. The highest BCUT2D eigenvalue weighted by Gasteiger charge is 2.39. The van der Waals surface area contributed by atoms with E-state index < -0.39 is 4.92 Å². The molecular weight excluding hydrogens is 352 g/mol. The van der Waals surface area contributed by atoms with Gasteiger partial charge >= 0.3 is 0 Å². The lowest BCUT2D eigenvalue weighted by Crippen LogP contribution is -2.40. The molecule has 2 aliphatic rings. The van der Waals surface area contributed by atoms with Crippen LogP contribution in [0.25, 0.3) is 0 Å². The Morgan fingerprint density at radius 2 is 1.96 bits per heavy atom. The Morgan fingerprint density at radius 3 is 2.48 bits per heavy atom. The largest absolute Gasteiger partial charge is 0.483 e. The Labute approximate surface area is 156 Å². The van der Waals surface area contributed by atoms with Gasteiger partial charge in [0.2, 0.25) is 0 Å². The van der Waals surface area contributed by atoms with Crippen LogP contribution in [0.4, 0.5) is 11.4 Å². The Kier molecular flexibility index (Phi) is 6.62. The molecule has 0 aromatic heterocycles. The maximum atomic E-state index is 12.5. The van der Waals surface area contributed by atoms with Crippen LogP contribution in [0.3, 0.4) is 0 Å². The zero-order valence-corrected chi connectivity index (χ0v) is 15.1. The molecule has 0 spiro atoms. The highest BCUT2D eigenvalue weighted by atomic mass is 16.6. The van der Waals surface area contributed by atoms with Crippen LogP contribution in [0.15, 0.2) is 18.2 Å². The van der Waals surface area contributed by atoms with Crippen molar-refractivity contribution in [2.45, 2.75) is 44.2 Å². The van der Waals surface area contributed by atoms with Gasteiger partial charge in [-0.15, -0.1) is 0 Å². The second-order valence-electron chi connectivity index (χ2n) is 7.02. The molecule has 2 unspecified atom stereocenters. The Hall–Kier alpha value is -2.81. The molecule has 0 amide bonds. The predicted molar refractivity (Wildman–Crippen MR) is 100.0 cm³/mol. The van der Waals surface area contributed by atoms with Crippen molar-refractivity contribution in [3.8, 4) is 0 Å². The molecule has 9 heteroatoms. The van der Waals surface area contributed by atoms with E-state index in [1.165, 1.54) is 31.0 Å². The van der Waals surface area contributed by atoms with Crippen LogP contribution < -0.4 is 5.73 Å². The lowest BCUT2D eigenvalue weighted by molar-refractivity contribution is -0.384. The van der Waals surface area contributed by atoms with Crippen LogP contribution in [0.5, 0.6) is 0 Å². The summed E-state index contributed by atoms with van der Waals surface area (Å²) in [6.07, 6.45) is 4.65. The Balaban J connectivity index is 0.000000817. The van der Waals surface area contributed by atoms with E-state index in [2.05, 4.69) is 11.9 Å². The number of anilines is 1. The lowest BCUT2D eigenvalue weighted by Gasteiger charge is -2.36. The summed E-state index contributed by atoms with van der Waals surface area (Å²) < 4.78 is 0. The van der Waals surface area contributed by atoms with Crippen molar-refractivity contribution in [1.82, 2.24) is 4.90 Å². The number of nitrogen functional groups attached to an aromatic ring is 1. The van der Waals surface area contributed by atoms with Gasteiger partial charge in [0.05, 0.1) is 4.92 Å². The first-order valence-electron chi connectivity index (χ1n) is 8.74. The molecule has 27 heavy (non-hydrogen) atoms. The fraction of sp³-hybridized carbons (Fsp3) is 0.500. The highest BCUT2D eigenvalue weighted by molar-refractivity contribution is 6.46. The van der Waals surface area contributed by atoms with Crippen molar-refractivity contribution >= 4 is 29.3 Å². The maximum Gasteiger partial charge on any atom is 0.290 e. The van der Waals surface area contributed by atoms with Gasteiger partial charge in [0.15, 0.2) is 5.78 Å². The van der Waals surface area contributed by atoms with Crippen molar-refractivity contribution in [1.29, 1.82) is 5.41 Å². The molecule has 1 aromatic rings. The molecular formula is C18H24N4O5. The molecule has 4 N–H and O–H groups in total.